The number of likely N-dealkylation sites (N-methyl/N-ethyl adjacent to an activating group) is 1. The molecule has 3 unspecified atom stereocenters. The van der Waals surface area contributed by atoms with E-state index in [9.17, 15) is 4.79 Å². The van der Waals surface area contributed by atoms with Gasteiger partial charge in [0.2, 0.25) is 0 Å². The maximum Gasteiger partial charge on any atom is 0.325 e. The minimum absolute atomic E-state index is 0.210. The van der Waals surface area contributed by atoms with E-state index in [1.807, 2.05) is 6.92 Å². The third-order valence-corrected chi connectivity index (χ3v) is 4.27. The van der Waals surface area contributed by atoms with Gasteiger partial charge in [0.25, 0.3) is 0 Å². The van der Waals surface area contributed by atoms with Crippen molar-refractivity contribution in [3.8, 4) is 0 Å². The van der Waals surface area contributed by atoms with Gasteiger partial charge in [-0.15, -0.1) is 0 Å². The van der Waals surface area contributed by atoms with E-state index in [2.05, 4.69) is 19.2 Å². The number of carbonyl (C=O) groups excluding carboxylic acids is 1. The lowest BCUT2D eigenvalue weighted by Gasteiger charge is -2.32. The molecule has 0 spiro atoms. The van der Waals surface area contributed by atoms with Crippen LogP contribution < -0.4 is 5.32 Å². The lowest BCUT2D eigenvalue weighted by Crippen LogP contribution is -2.48. The zero-order valence-corrected chi connectivity index (χ0v) is 14.1. The highest BCUT2D eigenvalue weighted by atomic mass is 16.5. The quantitative estimate of drug-likeness (QED) is 0.550. The van der Waals surface area contributed by atoms with Crippen LogP contribution in [0.5, 0.6) is 0 Å². The summed E-state index contributed by atoms with van der Waals surface area (Å²) < 4.78 is 16.5. The Morgan fingerprint density at radius 3 is 2.43 bits per heavy atom. The SMILES string of the molecule is CNC(C)(CCCCOC1CC(C)OC(C)C1)C(=O)OC. The maximum atomic E-state index is 11.7. The lowest BCUT2D eigenvalue weighted by molar-refractivity contribution is -0.148. The Kier molecular flexibility index (Phi) is 7.63. The molecule has 1 heterocycles. The fourth-order valence-corrected chi connectivity index (χ4v) is 2.87. The van der Waals surface area contributed by atoms with Gasteiger partial charge in [0.1, 0.15) is 5.54 Å². The molecule has 1 saturated heterocycles. The molecular formula is C16H31NO4. The van der Waals surface area contributed by atoms with Crippen LogP contribution in [0, 0.1) is 0 Å². The van der Waals surface area contributed by atoms with Crippen molar-refractivity contribution in [2.75, 3.05) is 20.8 Å². The van der Waals surface area contributed by atoms with Crippen LogP contribution in [0.1, 0.15) is 52.9 Å². The van der Waals surface area contributed by atoms with E-state index in [-0.39, 0.29) is 18.2 Å². The average Bonchev–Trinajstić information content (AvgIpc) is 2.44. The van der Waals surface area contributed by atoms with Gasteiger partial charge in [-0.2, -0.15) is 0 Å². The Labute approximate surface area is 128 Å². The van der Waals surface area contributed by atoms with Gasteiger partial charge < -0.3 is 19.5 Å². The van der Waals surface area contributed by atoms with Gasteiger partial charge in [-0.05, 0) is 59.9 Å². The Morgan fingerprint density at radius 2 is 1.90 bits per heavy atom. The Hall–Kier alpha value is -0.650. The molecule has 1 fully saturated rings. The first-order valence-corrected chi connectivity index (χ1v) is 7.95. The van der Waals surface area contributed by atoms with Gasteiger partial charge in [0.05, 0.1) is 25.4 Å². The van der Waals surface area contributed by atoms with Crippen LogP contribution in [0.25, 0.3) is 0 Å². The first-order chi connectivity index (χ1) is 9.91. The molecule has 0 aliphatic carbocycles. The predicted molar refractivity (Wildman–Crippen MR) is 82.3 cm³/mol. The molecule has 5 nitrogen and oxygen atoms in total. The molecular weight excluding hydrogens is 270 g/mol. The molecule has 0 aromatic heterocycles. The lowest BCUT2D eigenvalue weighted by atomic mass is 9.95. The largest absolute Gasteiger partial charge is 0.468 e. The summed E-state index contributed by atoms with van der Waals surface area (Å²) in [6.45, 7) is 6.81. The molecule has 0 bridgehead atoms. The summed E-state index contributed by atoms with van der Waals surface area (Å²) in [6.07, 6.45) is 5.45. The van der Waals surface area contributed by atoms with Crippen LogP contribution in [0.3, 0.4) is 0 Å². The molecule has 1 N–H and O–H groups in total. The molecule has 124 valence electrons. The van der Waals surface area contributed by atoms with Crippen LogP contribution >= 0.6 is 0 Å². The molecule has 0 radical (unpaired) electrons. The zero-order chi connectivity index (χ0) is 15.9. The number of hydrogen-bond donors (Lipinski definition) is 1. The second-order valence-corrected chi connectivity index (χ2v) is 6.25. The highest BCUT2D eigenvalue weighted by molar-refractivity contribution is 5.80. The highest BCUT2D eigenvalue weighted by Gasteiger charge is 2.31. The number of unbranched alkanes of at least 4 members (excludes halogenated alkanes) is 1. The number of nitrogens with one attached hydrogen (secondary N) is 1. The molecule has 3 atom stereocenters. The summed E-state index contributed by atoms with van der Waals surface area (Å²) in [5, 5.41) is 3.05. The van der Waals surface area contributed by atoms with Crippen molar-refractivity contribution in [1.82, 2.24) is 5.32 Å². The van der Waals surface area contributed by atoms with Crippen LogP contribution in [0.2, 0.25) is 0 Å². The summed E-state index contributed by atoms with van der Waals surface area (Å²) >= 11 is 0. The van der Waals surface area contributed by atoms with Crippen molar-refractivity contribution in [2.45, 2.75) is 76.7 Å². The first kappa shape index (κ1) is 18.4. The fraction of sp³-hybridized carbons (Fsp3) is 0.938. The number of methoxy groups -OCH3 is 1. The van der Waals surface area contributed by atoms with Crippen molar-refractivity contribution in [3.63, 3.8) is 0 Å². The molecule has 0 aromatic rings. The van der Waals surface area contributed by atoms with Gasteiger partial charge in [0.15, 0.2) is 0 Å². The minimum Gasteiger partial charge on any atom is -0.468 e. The second kappa shape index (κ2) is 8.71. The molecule has 0 amide bonds. The minimum atomic E-state index is -0.601. The third-order valence-electron chi connectivity index (χ3n) is 4.27. The van der Waals surface area contributed by atoms with Gasteiger partial charge in [-0.1, -0.05) is 0 Å². The van der Waals surface area contributed by atoms with Crippen molar-refractivity contribution in [3.05, 3.63) is 0 Å². The topological polar surface area (TPSA) is 56.8 Å². The van der Waals surface area contributed by atoms with E-state index in [1.165, 1.54) is 7.11 Å². The third kappa shape index (κ3) is 5.93. The monoisotopic (exact) mass is 301 g/mol. The van der Waals surface area contributed by atoms with Crippen LogP contribution in [0.15, 0.2) is 0 Å². The first-order valence-electron chi connectivity index (χ1n) is 7.95. The van der Waals surface area contributed by atoms with E-state index >= 15 is 0 Å². The van der Waals surface area contributed by atoms with Crippen LogP contribution in [0.4, 0.5) is 0 Å². The normalized spacial score (nSPS) is 28.9. The van der Waals surface area contributed by atoms with E-state index < -0.39 is 5.54 Å². The maximum absolute atomic E-state index is 11.7. The average molecular weight is 301 g/mol. The fourth-order valence-electron chi connectivity index (χ4n) is 2.87. The van der Waals surface area contributed by atoms with E-state index in [0.29, 0.717) is 6.10 Å². The number of hydrogen-bond acceptors (Lipinski definition) is 5. The number of esters is 1. The summed E-state index contributed by atoms with van der Waals surface area (Å²) in [6, 6.07) is 0. The summed E-state index contributed by atoms with van der Waals surface area (Å²) in [5.41, 5.74) is -0.601. The summed E-state index contributed by atoms with van der Waals surface area (Å²) in [4.78, 5) is 11.7. The van der Waals surface area contributed by atoms with E-state index in [4.69, 9.17) is 14.2 Å². The molecule has 1 aliphatic rings. The summed E-state index contributed by atoms with van der Waals surface area (Å²) in [5.74, 6) is -0.210. The Balaban J connectivity index is 2.20. The zero-order valence-electron chi connectivity index (χ0n) is 14.1. The molecule has 0 saturated carbocycles. The Bertz CT molecular complexity index is 313. The Morgan fingerprint density at radius 1 is 1.29 bits per heavy atom. The highest BCUT2D eigenvalue weighted by Crippen LogP contribution is 2.22. The molecule has 1 rings (SSSR count). The van der Waals surface area contributed by atoms with Gasteiger partial charge in [0, 0.05) is 6.61 Å². The standard InChI is InChI=1S/C16H31NO4/c1-12-10-14(11-13(2)21-12)20-9-7-6-8-16(3,17-4)15(18)19-5/h12-14,17H,6-11H2,1-5H3. The number of rotatable bonds is 8. The molecule has 5 heteroatoms. The van der Waals surface area contributed by atoms with Crippen molar-refractivity contribution in [2.24, 2.45) is 0 Å². The van der Waals surface area contributed by atoms with Crippen molar-refractivity contribution < 1.29 is 19.0 Å². The van der Waals surface area contributed by atoms with Gasteiger partial charge >= 0.3 is 5.97 Å². The molecule has 0 aromatic carbocycles. The van der Waals surface area contributed by atoms with E-state index in [1.54, 1.807) is 7.05 Å². The van der Waals surface area contributed by atoms with Gasteiger partial charge in [-0.3, -0.25) is 4.79 Å². The number of ether oxygens (including phenoxy) is 3. The van der Waals surface area contributed by atoms with Crippen LogP contribution in [-0.2, 0) is 19.0 Å². The predicted octanol–water partition coefficient (Wildman–Crippen LogP) is 2.28. The summed E-state index contributed by atoms with van der Waals surface area (Å²) in [7, 11) is 3.22. The van der Waals surface area contributed by atoms with Gasteiger partial charge in [-0.25, -0.2) is 0 Å². The van der Waals surface area contributed by atoms with Crippen molar-refractivity contribution in [1.29, 1.82) is 0 Å². The molecule has 21 heavy (non-hydrogen) atoms. The van der Waals surface area contributed by atoms with Crippen LogP contribution in [-0.4, -0.2) is 50.6 Å². The second-order valence-electron chi connectivity index (χ2n) is 6.25. The smallest absolute Gasteiger partial charge is 0.325 e. The number of carbonyl (C=O) groups is 1. The molecule has 1 aliphatic heterocycles. The van der Waals surface area contributed by atoms with Crippen molar-refractivity contribution >= 4 is 5.97 Å². The van der Waals surface area contributed by atoms with E-state index in [0.717, 1.165) is 38.7 Å².